The lowest BCUT2D eigenvalue weighted by molar-refractivity contribution is -0.384. The van der Waals surface area contributed by atoms with Crippen molar-refractivity contribution >= 4 is 27.9 Å². The van der Waals surface area contributed by atoms with Crippen LogP contribution in [0.1, 0.15) is 45.4 Å². The van der Waals surface area contributed by atoms with Gasteiger partial charge in [0.05, 0.1) is 10.5 Å². The highest BCUT2D eigenvalue weighted by atomic mass is 32.1. The molecule has 6 nitrogen and oxygen atoms in total. The summed E-state index contributed by atoms with van der Waals surface area (Å²) >= 11 is 1.68. The van der Waals surface area contributed by atoms with Crippen molar-refractivity contribution < 1.29 is 9.72 Å². The van der Waals surface area contributed by atoms with E-state index in [1.165, 1.54) is 29.0 Å². The molecule has 24 heavy (non-hydrogen) atoms. The van der Waals surface area contributed by atoms with Crippen LogP contribution in [0.4, 0.5) is 10.7 Å². The van der Waals surface area contributed by atoms with E-state index in [-0.39, 0.29) is 17.8 Å². The zero-order valence-electron chi connectivity index (χ0n) is 13.2. The number of hydrogen-bond donors (Lipinski definition) is 1. The van der Waals surface area contributed by atoms with Gasteiger partial charge in [-0.05, 0) is 48.9 Å². The Balaban J connectivity index is 1.71. The second kappa shape index (κ2) is 5.59. The summed E-state index contributed by atoms with van der Waals surface area (Å²) in [6.45, 7) is 0. The van der Waals surface area contributed by atoms with Gasteiger partial charge in [-0.2, -0.15) is 0 Å². The van der Waals surface area contributed by atoms with E-state index in [4.69, 9.17) is 0 Å². The zero-order valence-corrected chi connectivity index (χ0v) is 14.1. The summed E-state index contributed by atoms with van der Waals surface area (Å²) < 4.78 is 0. The number of aryl methyl sites for hydroxylation is 1. The first-order chi connectivity index (χ1) is 11.6. The Morgan fingerprint density at radius 2 is 1.96 bits per heavy atom. The molecule has 0 unspecified atom stereocenters. The van der Waals surface area contributed by atoms with Gasteiger partial charge in [0, 0.05) is 24.1 Å². The monoisotopic (exact) mass is 343 g/mol. The molecule has 2 heterocycles. The molecule has 1 atom stereocenters. The Labute approximate surface area is 143 Å². The van der Waals surface area contributed by atoms with E-state index < -0.39 is 4.92 Å². The standard InChI is InChI=1S/C17H17N3O3S/c1-19-15(10-6-8-11(9-7-10)20(22)23)18-16-14(17(19)21)12-4-2-3-5-13(12)24-16/h6-9,15,18H,2-5H2,1H3/t15-/m0/s1. The topological polar surface area (TPSA) is 75.5 Å². The van der Waals surface area contributed by atoms with Gasteiger partial charge >= 0.3 is 0 Å². The van der Waals surface area contributed by atoms with Crippen LogP contribution >= 0.6 is 11.3 Å². The van der Waals surface area contributed by atoms with E-state index in [9.17, 15) is 14.9 Å². The van der Waals surface area contributed by atoms with Crippen LogP contribution in [-0.4, -0.2) is 22.8 Å². The van der Waals surface area contributed by atoms with Crippen molar-refractivity contribution in [3.8, 4) is 0 Å². The highest BCUT2D eigenvalue weighted by molar-refractivity contribution is 7.16. The quantitative estimate of drug-likeness (QED) is 0.666. The summed E-state index contributed by atoms with van der Waals surface area (Å²) in [5, 5.41) is 15.2. The second-order valence-electron chi connectivity index (χ2n) is 6.23. The molecule has 1 N–H and O–H groups in total. The average Bonchev–Trinajstić information content (AvgIpc) is 2.96. The molecule has 7 heteroatoms. The molecule has 1 aliphatic carbocycles. The highest BCUT2D eigenvalue weighted by Crippen LogP contribution is 2.43. The summed E-state index contributed by atoms with van der Waals surface area (Å²) in [6, 6.07) is 6.37. The molecule has 0 radical (unpaired) electrons. The number of carbonyl (C=O) groups is 1. The number of non-ortho nitro benzene ring substituents is 1. The number of amides is 1. The SMILES string of the molecule is CN1C(=O)c2c(sc3c2CCCC3)N[C@@H]1c1ccc([N+](=O)[O-])cc1. The summed E-state index contributed by atoms with van der Waals surface area (Å²) in [7, 11) is 1.78. The Morgan fingerprint density at radius 1 is 1.25 bits per heavy atom. The molecule has 2 aliphatic rings. The van der Waals surface area contributed by atoms with Crippen molar-refractivity contribution in [2.75, 3.05) is 12.4 Å². The highest BCUT2D eigenvalue weighted by Gasteiger charge is 2.35. The minimum Gasteiger partial charge on any atom is -0.352 e. The summed E-state index contributed by atoms with van der Waals surface area (Å²) in [4.78, 5) is 26.3. The molecule has 1 aromatic heterocycles. The Hall–Kier alpha value is -2.41. The molecule has 124 valence electrons. The number of anilines is 1. The van der Waals surface area contributed by atoms with E-state index in [1.807, 2.05) is 0 Å². The molecular formula is C17H17N3O3S. The predicted octanol–water partition coefficient (Wildman–Crippen LogP) is 3.73. The third-order valence-corrected chi connectivity index (χ3v) is 6.00. The van der Waals surface area contributed by atoms with Crippen LogP contribution in [0.15, 0.2) is 24.3 Å². The average molecular weight is 343 g/mol. The van der Waals surface area contributed by atoms with Gasteiger partial charge in [-0.25, -0.2) is 0 Å². The van der Waals surface area contributed by atoms with Crippen LogP contribution in [0.3, 0.4) is 0 Å². The maximum atomic E-state index is 12.9. The Bertz CT molecular complexity index is 828. The Kier molecular flexibility index (Phi) is 3.53. The summed E-state index contributed by atoms with van der Waals surface area (Å²) in [5.41, 5.74) is 2.94. The van der Waals surface area contributed by atoms with Gasteiger partial charge in [0.15, 0.2) is 0 Å². The van der Waals surface area contributed by atoms with Crippen LogP contribution in [-0.2, 0) is 12.8 Å². The first-order valence-corrected chi connectivity index (χ1v) is 8.80. The van der Waals surface area contributed by atoms with Gasteiger partial charge in [-0.15, -0.1) is 11.3 Å². The third kappa shape index (κ3) is 2.27. The molecule has 1 aliphatic heterocycles. The number of nitro groups is 1. The molecule has 0 saturated heterocycles. The first-order valence-electron chi connectivity index (χ1n) is 7.99. The van der Waals surface area contributed by atoms with E-state index in [0.29, 0.717) is 0 Å². The van der Waals surface area contributed by atoms with E-state index in [2.05, 4.69) is 5.32 Å². The molecule has 0 spiro atoms. The summed E-state index contributed by atoms with van der Waals surface area (Å²) in [6.07, 6.45) is 4.05. The van der Waals surface area contributed by atoms with Crippen molar-refractivity contribution in [3.63, 3.8) is 0 Å². The minimum atomic E-state index is -0.418. The number of rotatable bonds is 2. The summed E-state index contributed by atoms with van der Waals surface area (Å²) in [5.74, 6) is 0.0338. The number of carbonyl (C=O) groups excluding carboxylic acids is 1. The lowest BCUT2D eigenvalue weighted by Gasteiger charge is -2.34. The molecule has 2 aromatic rings. The van der Waals surface area contributed by atoms with Crippen molar-refractivity contribution in [3.05, 3.63) is 55.9 Å². The fourth-order valence-corrected chi connectivity index (χ4v) is 4.80. The van der Waals surface area contributed by atoms with Crippen LogP contribution in [0.25, 0.3) is 0 Å². The lowest BCUT2D eigenvalue weighted by atomic mass is 9.94. The van der Waals surface area contributed by atoms with Gasteiger partial charge in [-0.1, -0.05) is 0 Å². The van der Waals surface area contributed by atoms with Gasteiger partial charge in [0.1, 0.15) is 11.2 Å². The van der Waals surface area contributed by atoms with Gasteiger partial charge in [0.25, 0.3) is 11.6 Å². The van der Waals surface area contributed by atoms with Crippen LogP contribution < -0.4 is 5.32 Å². The third-order valence-electron chi connectivity index (χ3n) is 4.78. The van der Waals surface area contributed by atoms with Gasteiger partial charge in [-0.3, -0.25) is 14.9 Å². The smallest absolute Gasteiger partial charge is 0.269 e. The number of nitrogens with zero attached hydrogens (tertiary/aromatic N) is 2. The van der Waals surface area contributed by atoms with Crippen LogP contribution in [0, 0.1) is 10.1 Å². The Morgan fingerprint density at radius 3 is 2.67 bits per heavy atom. The predicted molar refractivity (Wildman–Crippen MR) is 92.5 cm³/mol. The molecule has 0 bridgehead atoms. The van der Waals surface area contributed by atoms with Crippen molar-refractivity contribution in [1.82, 2.24) is 4.90 Å². The maximum Gasteiger partial charge on any atom is 0.269 e. The molecule has 0 fully saturated rings. The minimum absolute atomic E-state index is 0.0338. The number of nitrogens with one attached hydrogen (secondary N) is 1. The lowest BCUT2D eigenvalue weighted by Crippen LogP contribution is -2.40. The fourth-order valence-electron chi connectivity index (χ4n) is 3.49. The molecule has 0 saturated carbocycles. The molecular weight excluding hydrogens is 326 g/mol. The number of thiophene rings is 1. The van der Waals surface area contributed by atoms with Gasteiger partial charge < -0.3 is 10.2 Å². The van der Waals surface area contributed by atoms with Crippen molar-refractivity contribution in [1.29, 1.82) is 0 Å². The van der Waals surface area contributed by atoms with Crippen LogP contribution in [0.2, 0.25) is 0 Å². The second-order valence-corrected chi connectivity index (χ2v) is 7.33. The van der Waals surface area contributed by atoms with Crippen LogP contribution in [0.5, 0.6) is 0 Å². The van der Waals surface area contributed by atoms with Crippen molar-refractivity contribution in [2.45, 2.75) is 31.8 Å². The normalized spacial score (nSPS) is 19.5. The molecule has 1 amide bonds. The fraction of sp³-hybridized carbons (Fsp3) is 0.353. The maximum absolute atomic E-state index is 12.9. The van der Waals surface area contributed by atoms with E-state index in [1.54, 1.807) is 35.4 Å². The number of fused-ring (bicyclic) bond motifs is 3. The van der Waals surface area contributed by atoms with Crippen molar-refractivity contribution in [2.24, 2.45) is 0 Å². The number of hydrogen-bond acceptors (Lipinski definition) is 5. The number of benzene rings is 1. The zero-order chi connectivity index (χ0) is 16.8. The largest absolute Gasteiger partial charge is 0.352 e. The van der Waals surface area contributed by atoms with E-state index >= 15 is 0 Å². The first kappa shape index (κ1) is 15.1. The van der Waals surface area contributed by atoms with Gasteiger partial charge in [0.2, 0.25) is 0 Å². The molecule has 1 aromatic carbocycles. The molecule has 4 rings (SSSR count). The number of nitro benzene ring substituents is 1. The van der Waals surface area contributed by atoms with E-state index in [0.717, 1.165) is 35.4 Å².